The summed E-state index contributed by atoms with van der Waals surface area (Å²) in [7, 11) is 0. The average molecular weight is 207 g/mol. The Kier molecular flexibility index (Phi) is 2.37. The summed E-state index contributed by atoms with van der Waals surface area (Å²) >= 11 is 5.94. The molecular formula is C9H7ClN4. The van der Waals surface area contributed by atoms with Crippen molar-refractivity contribution in [1.82, 2.24) is 19.9 Å². The van der Waals surface area contributed by atoms with Gasteiger partial charge in [-0.25, -0.2) is 9.97 Å². The third-order valence-electron chi connectivity index (χ3n) is 1.67. The second-order valence-electron chi connectivity index (χ2n) is 2.70. The Balaban J connectivity index is 2.57. The number of rotatable bonds is 1. The van der Waals surface area contributed by atoms with Crippen LogP contribution in [0.4, 0.5) is 0 Å². The van der Waals surface area contributed by atoms with Crippen LogP contribution in [-0.2, 0) is 0 Å². The topological polar surface area (TPSA) is 51.6 Å². The molecule has 2 aromatic heterocycles. The summed E-state index contributed by atoms with van der Waals surface area (Å²) in [4.78, 5) is 16.2. The summed E-state index contributed by atoms with van der Waals surface area (Å²) in [6.07, 6.45) is 6.39. The Labute approximate surface area is 86.0 Å². The van der Waals surface area contributed by atoms with Crippen molar-refractivity contribution in [3.63, 3.8) is 0 Å². The molecule has 2 heterocycles. The average Bonchev–Trinajstić information content (AvgIpc) is 2.23. The van der Waals surface area contributed by atoms with Crippen LogP contribution in [0.5, 0.6) is 0 Å². The molecule has 0 fully saturated rings. The lowest BCUT2D eigenvalue weighted by molar-refractivity contribution is 1.04. The molecule has 0 N–H and O–H groups in total. The number of aromatic nitrogens is 4. The van der Waals surface area contributed by atoms with Crippen LogP contribution >= 0.6 is 11.6 Å². The molecule has 70 valence electrons. The van der Waals surface area contributed by atoms with Gasteiger partial charge in [-0.2, -0.15) is 0 Å². The minimum atomic E-state index is 0.483. The van der Waals surface area contributed by atoms with E-state index >= 15 is 0 Å². The highest BCUT2D eigenvalue weighted by Gasteiger charge is 2.06. The molecule has 0 amide bonds. The van der Waals surface area contributed by atoms with Gasteiger partial charge in [-0.1, -0.05) is 11.6 Å². The maximum Gasteiger partial charge on any atom is 0.126 e. The SMILES string of the molecule is Cc1ncc(Cl)c(-c2cnccn2)n1. The normalized spacial score (nSPS) is 10.1. The van der Waals surface area contributed by atoms with Crippen molar-refractivity contribution in [3.05, 3.63) is 35.6 Å². The van der Waals surface area contributed by atoms with Crippen LogP contribution in [0.15, 0.2) is 24.8 Å². The first kappa shape index (κ1) is 9.02. The van der Waals surface area contributed by atoms with Crippen LogP contribution < -0.4 is 0 Å². The molecule has 0 radical (unpaired) electrons. The molecule has 2 rings (SSSR count). The number of halogens is 1. The van der Waals surface area contributed by atoms with Crippen molar-refractivity contribution in [1.29, 1.82) is 0 Å². The number of nitrogens with zero attached hydrogens (tertiary/aromatic N) is 4. The van der Waals surface area contributed by atoms with Gasteiger partial charge in [-0.3, -0.25) is 9.97 Å². The fourth-order valence-corrected chi connectivity index (χ4v) is 1.24. The number of hydrogen-bond donors (Lipinski definition) is 0. The standard InChI is InChI=1S/C9H7ClN4/c1-6-13-4-7(10)9(14-6)8-5-11-2-3-12-8/h2-5H,1H3. The van der Waals surface area contributed by atoms with E-state index in [4.69, 9.17) is 11.6 Å². The predicted octanol–water partition coefficient (Wildman–Crippen LogP) is 1.90. The smallest absolute Gasteiger partial charge is 0.126 e. The summed E-state index contributed by atoms with van der Waals surface area (Å²) in [5, 5.41) is 0.483. The molecular weight excluding hydrogens is 200 g/mol. The first-order valence-corrected chi connectivity index (χ1v) is 4.40. The fourth-order valence-electron chi connectivity index (χ4n) is 1.06. The van der Waals surface area contributed by atoms with Crippen molar-refractivity contribution in [3.8, 4) is 11.4 Å². The molecule has 0 saturated heterocycles. The van der Waals surface area contributed by atoms with E-state index in [9.17, 15) is 0 Å². The minimum Gasteiger partial charge on any atom is -0.261 e. The molecule has 14 heavy (non-hydrogen) atoms. The number of hydrogen-bond acceptors (Lipinski definition) is 4. The molecule has 5 heteroatoms. The molecule has 2 aromatic rings. The zero-order valence-electron chi connectivity index (χ0n) is 7.48. The second-order valence-corrected chi connectivity index (χ2v) is 3.11. The quantitative estimate of drug-likeness (QED) is 0.715. The highest BCUT2D eigenvalue weighted by atomic mass is 35.5. The summed E-state index contributed by atoms with van der Waals surface area (Å²) in [5.41, 5.74) is 1.27. The van der Waals surface area contributed by atoms with E-state index in [0.717, 1.165) is 0 Å². The highest BCUT2D eigenvalue weighted by Crippen LogP contribution is 2.21. The van der Waals surface area contributed by atoms with Gasteiger partial charge >= 0.3 is 0 Å². The van der Waals surface area contributed by atoms with Crippen LogP contribution in [0.2, 0.25) is 5.02 Å². The van der Waals surface area contributed by atoms with Crippen molar-refractivity contribution in [2.24, 2.45) is 0 Å². The molecule has 0 saturated carbocycles. The van der Waals surface area contributed by atoms with Crippen LogP contribution in [-0.4, -0.2) is 19.9 Å². The van der Waals surface area contributed by atoms with E-state index in [1.807, 2.05) is 0 Å². The van der Waals surface area contributed by atoms with Crippen LogP contribution in [0.25, 0.3) is 11.4 Å². The van der Waals surface area contributed by atoms with Gasteiger partial charge in [0.05, 0.1) is 11.2 Å². The minimum absolute atomic E-state index is 0.483. The molecule has 0 aliphatic heterocycles. The molecule has 0 aromatic carbocycles. The molecule has 0 aliphatic carbocycles. The molecule has 0 bridgehead atoms. The van der Waals surface area contributed by atoms with Gasteiger partial charge in [0.15, 0.2) is 0 Å². The van der Waals surface area contributed by atoms with E-state index in [0.29, 0.717) is 22.2 Å². The maximum absolute atomic E-state index is 5.94. The van der Waals surface area contributed by atoms with Crippen molar-refractivity contribution in [2.75, 3.05) is 0 Å². The lowest BCUT2D eigenvalue weighted by atomic mass is 10.3. The summed E-state index contributed by atoms with van der Waals surface area (Å²) < 4.78 is 0. The Bertz CT molecular complexity index is 444. The zero-order valence-corrected chi connectivity index (χ0v) is 8.23. The molecule has 0 atom stereocenters. The maximum atomic E-state index is 5.94. The van der Waals surface area contributed by atoms with Gasteiger partial charge in [-0.05, 0) is 6.92 Å². The van der Waals surface area contributed by atoms with E-state index in [1.165, 1.54) is 0 Å². The van der Waals surface area contributed by atoms with Gasteiger partial charge < -0.3 is 0 Å². The van der Waals surface area contributed by atoms with Gasteiger partial charge in [0.2, 0.25) is 0 Å². The summed E-state index contributed by atoms with van der Waals surface area (Å²) in [6, 6.07) is 0. The summed E-state index contributed by atoms with van der Waals surface area (Å²) in [6.45, 7) is 1.80. The molecule has 0 unspecified atom stereocenters. The van der Waals surface area contributed by atoms with Gasteiger partial charge in [-0.15, -0.1) is 0 Å². The van der Waals surface area contributed by atoms with E-state index < -0.39 is 0 Å². The first-order chi connectivity index (χ1) is 6.77. The monoisotopic (exact) mass is 206 g/mol. The van der Waals surface area contributed by atoms with Crippen molar-refractivity contribution < 1.29 is 0 Å². The molecule has 0 spiro atoms. The Morgan fingerprint density at radius 3 is 2.71 bits per heavy atom. The Morgan fingerprint density at radius 2 is 2.00 bits per heavy atom. The summed E-state index contributed by atoms with van der Waals surface area (Å²) in [5.74, 6) is 0.662. The van der Waals surface area contributed by atoms with Gasteiger partial charge in [0, 0.05) is 18.6 Å². The predicted molar refractivity (Wildman–Crippen MR) is 52.8 cm³/mol. The van der Waals surface area contributed by atoms with E-state index in [-0.39, 0.29) is 0 Å². The van der Waals surface area contributed by atoms with Crippen LogP contribution in [0.3, 0.4) is 0 Å². The zero-order chi connectivity index (χ0) is 9.97. The van der Waals surface area contributed by atoms with E-state index in [1.54, 1.807) is 31.7 Å². The highest BCUT2D eigenvalue weighted by molar-refractivity contribution is 6.32. The van der Waals surface area contributed by atoms with Crippen LogP contribution in [0, 0.1) is 6.92 Å². The lowest BCUT2D eigenvalue weighted by Gasteiger charge is -2.01. The van der Waals surface area contributed by atoms with Crippen molar-refractivity contribution in [2.45, 2.75) is 6.92 Å². The third kappa shape index (κ3) is 1.70. The van der Waals surface area contributed by atoms with Gasteiger partial charge in [0.1, 0.15) is 17.2 Å². The Morgan fingerprint density at radius 1 is 1.14 bits per heavy atom. The molecule has 4 nitrogen and oxygen atoms in total. The van der Waals surface area contributed by atoms with Crippen LogP contribution in [0.1, 0.15) is 5.82 Å². The second kappa shape index (κ2) is 3.67. The lowest BCUT2D eigenvalue weighted by Crippen LogP contribution is -1.93. The number of aryl methyl sites for hydroxylation is 1. The fraction of sp³-hybridized carbons (Fsp3) is 0.111. The van der Waals surface area contributed by atoms with E-state index in [2.05, 4.69) is 19.9 Å². The molecule has 0 aliphatic rings. The largest absolute Gasteiger partial charge is 0.261 e. The third-order valence-corrected chi connectivity index (χ3v) is 1.95. The van der Waals surface area contributed by atoms with Crippen molar-refractivity contribution >= 4 is 11.6 Å². The Hall–Kier alpha value is -1.55. The first-order valence-electron chi connectivity index (χ1n) is 4.03. The van der Waals surface area contributed by atoms with Gasteiger partial charge in [0.25, 0.3) is 0 Å².